The number of aliphatic hydroxyl groups is 1. The molecule has 82 valence electrons. The van der Waals surface area contributed by atoms with Crippen LogP contribution in [-0.2, 0) is 0 Å². The number of amides is 1. The molecule has 3 N–H and O–H groups in total. The van der Waals surface area contributed by atoms with Crippen molar-refractivity contribution in [1.82, 2.24) is 10.3 Å². The number of carbonyl (C=O) groups is 1. The van der Waals surface area contributed by atoms with Crippen LogP contribution in [0.5, 0.6) is 0 Å². The van der Waals surface area contributed by atoms with E-state index in [-0.39, 0.29) is 24.1 Å². The summed E-state index contributed by atoms with van der Waals surface area (Å²) in [4.78, 5) is 24.9. The van der Waals surface area contributed by atoms with E-state index in [0.29, 0.717) is 12.0 Å². The SMILES string of the molecule is CC(CCO)NC(=O)c1cc[nH]c(=O)c1. The maximum absolute atomic E-state index is 11.5. The van der Waals surface area contributed by atoms with Gasteiger partial charge in [-0.1, -0.05) is 0 Å². The minimum absolute atomic E-state index is 0.0246. The summed E-state index contributed by atoms with van der Waals surface area (Å²) < 4.78 is 0. The number of aliphatic hydroxyl groups excluding tert-OH is 1. The number of aromatic nitrogens is 1. The molecule has 0 fully saturated rings. The second-order valence-electron chi connectivity index (χ2n) is 3.33. The highest BCUT2D eigenvalue weighted by atomic mass is 16.3. The average molecular weight is 210 g/mol. The molecule has 1 rings (SSSR count). The molecule has 1 unspecified atom stereocenters. The number of aromatic amines is 1. The highest BCUT2D eigenvalue weighted by molar-refractivity contribution is 5.94. The highest BCUT2D eigenvalue weighted by Crippen LogP contribution is 1.96. The number of hydrogen-bond acceptors (Lipinski definition) is 3. The lowest BCUT2D eigenvalue weighted by molar-refractivity contribution is 0.0934. The highest BCUT2D eigenvalue weighted by Gasteiger charge is 2.09. The molecule has 0 aliphatic rings. The zero-order valence-electron chi connectivity index (χ0n) is 8.49. The van der Waals surface area contributed by atoms with Gasteiger partial charge in [-0.05, 0) is 19.4 Å². The number of pyridine rings is 1. The number of hydrogen-bond donors (Lipinski definition) is 3. The third-order valence-electron chi connectivity index (χ3n) is 1.98. The first-order valence-corrected chi connectivity index (χ1v) is 4.74. The minimum Gasteiger partial charge on any atom is -0.396 e. The fourth-order valence-corrected chi connectivity index (χ4v) is 1.16. The number of carbonyl (C=O) groups excluding carboxylic acids is 1. The molecule has 1 heterocycles. The molecule has 0 saturated carbocycles. The van der Waals surface area contributed by atoms with Crippen molar-refractivity contribution in [3.63, 3.8) is 0 Å². The van der Waals surface area contributed by atoms with Crippen molar-refractivity contribution in [2.45, 2.75) is 19.4 Å². The standard InChI is InChI=1S/C10H14N2O3/c1-7(3-5-13)12-10(15)8-2-4-11-9(14)6-8/h2,4,6-7,13H,3,5H2,1H3,(H,11,14)(H,12,15). The van der Waals surface area contributed by atoms with Gasteiger partial charge in [0.05, 0.1) is 0 Å². The van der Waals surface area contributed by atoms with Gasteiger partial charge in [0, 0.05) is 30.5 Å². The molecule has 5 nitrogen and oxygen atoms in total. The summed E-state index contributed by atoms with van der Waals surface area (Å²) in [5.41, 5.74) is 0.0148. The summed E-state index contributed by atoms with van der Waals surface area (Å²) >= 11 is 0. The summed E-state index contributed by atoms with van der Waals surface area (Å²) in [6.45, 7) is 1.82. The molecule has 1 aromatic rings. The van der Waals surface area contributed by atoms with Crippen molar-refractivity contribution in [1.29, 1.82) is 0 Å². The Balaban J connectivity index is 2.65. The van der Waals surface area contributed by atoms with E-state index in [1.807, 2.05) is 0 Å². The first-order chi connectivity index (χ1) is 7.13. The first kappa shape index (κ1) is 11.5. The third kappa shape index (κ3) is 3.55. The molecular weight excluding hydrogens is 196 g/mol. The van der Waals surface area contributed by atoms with E-state index in [1.54, 1.807) is 6.92 Å². The van der Waals surface area contributed by atoms with Gasteiger partial charge in [0.15, 0.2) is 0 Å². The summed E-state index contributed by atoms with van der Waals surface area (Å²) in [6.07, 6.45) is 1.92. The molecule has 0 spiro atoms. The third-order valence-corrected chi connectivity index (χ3v) is 1.98. The van der Waals surface area contributed by atoms with Gasteiger partial charge in [-0.2, -0.15) is 0 Å². The molecule has 0 radical (unpaired) electrons. The van der Waals surface area contributed by atoms with E-state index in [9.17, 15) is 9.59 Å². The van der Waals surface area contributed by atoms with E-state index in [0.717, 1.165) is 0 Å². The molecule has 1 amide bonds. The Labute approximate surface area is 87.1 Å². The Morgan fingerprint density at radius 3 is 3.00 bits per heavy atom. The van der Waals surface area contributed by atoms with Crippen LogP contribution in [0.15, 0.2) is 23.1 Å². The van der Waals surface area contributed by atoms with E-state index < -0.39 is 0 Å². The Hall–Kier alpha value is -1.62. The Morgan fingerprint density at radius 1 is 1.67 bits per heavy atom. The van der Waals surface area contributed by atoms with Crippen molar-refractivity contribution in [3.05, 3.63) is 34.2 Å². The van der Waals surface area contributed by atoms with Gasteiger partial charge in [-0.3, -0.25) is 9.59 Å². The van der Waals surface area contributed by atoms with Crippen LogP contribution in [0.4, 0.5) is 0 Å². The van der Waals surface area contributed by atoms with Gasteiger partial charge in [-0.15, -0.1) is 0 Å². The number of nitrogens with one attached hydrogen (secondary N) is 2. The van der Waals surface area contributed by atoms with Crippen molar-refractivity contribution < 1.29 is 9.90 Å². The largest absolute Gasteiger partial charge is 0.396 e. The van der Waals surface area contributed by atoms with Gasteiger partial charge < -0.3 is 15.4 Å². The molecule has 0 saturated heterocycles. The zero-order chi connectivity index (χ0) is 11.3. The van der Waals surface area contributed by atoms with Crippen LogP contribution in [0, 0.1) is 0 Å². The van der Waals surface area contributed by atoms with Crippen LogP contribution in [-0.4, -0.2) is 28.6 Å². The van der Waals surface area contributed by atoms with Gasteiger partial charge in [0.2, 0.25) is 5.56 Å². The Bertz CT molecular complexity index is 386. The van der Waals surface area contributed by atoms with Crippen LogP contribution in [0.25, 0.3) is 0 Å². The smallest absolute Gasteiger partial charge is 0.251 e. The van der Waals surface area contributed by atoms with Crippen molar-refractivity contribution in [2.24, 2.45) is 0 Å². The van der Waals surface area contributed by atoms with Gasteiger partial charge >= 0.3 is 0 Å². The molecule has 15 heavy (non-hydrogen) atoms. The molecule has 0 aromatic carbocycles. The zero-order valence-corrected chi connectivity index (χ0v) is 8.49. The fraction of sp³-hybridized carbons (Fsp3) is 0.400. The summed E-state index contributed by atoms with van der Waals surface area (Å²) in [6, 6.07) is 2.66. The molecule has 1 aromatic heterocycles. The number of H-pyrrole nitrogens is 1. The lowest BCUT2D eigenvalue weighted by atomic mass is 10.2. The molecule has 0 bridgehead atoms. The molecule has 0 aliphatic carbocycles. The second kappa shape index (κ2) is 5.31. The quantitative estimate of drug-likeness (QED) is 0.647. The first-order valence-electron chi connectivity index (χ1n) is 4.74. The monoisotopic (exact) mass is 210 g/mol. The number of rotatable bonds is 4. The van der Waals surface area contributed by atoms with Crippen LogP contribution >= 0.6 is 0 Å². The van der Waals surface area contributed by atoms with E-state index >= 15 is 0 Å². The van der Waals surface area contributed by atoms with Gasteiger partial charge in [0.25, 0.3) is 5.91 Å². The van der Waals surface area contributed by atoms with Crippen molar-refractivity contribution >= 4 is 5.91 Å². The van der Waals surface area contributed by atoms with Crippen LogP contribution < -0.4 is 10.9 Å². The lowest BCUT2D eigenvalue weighted by Crippen LogP contribution is -2.33. The summed E-state index contributed by atoms with van der Waals surface area (Å²) in [5.74, 6) is -0.304. The topological polar surface area (TPSA) is 82.2 Å². The van der Waals surface area contributed by atoms with Crippen LogP contribution in [0.1, 0.15) is 23.7 Å². The predicted octanol–water partition coefficient (Wildman–Crippen LogP) is -0.124. The maximum atomic E-state index is 11.5. The van der Waals surface area contributed by atoms with E-state index in [2.05, 4.69) is 10.3 Å². The normalized spacial score (nSPS) is 12.1. The molecule has 1 atom stereocenters. The Morgan fingerprint density at radius 2 is 2.40 bits per heavy atom. The average Bonchev–Trinajstić information content (AvgIpc) is 2.18. The summed E-state index contributed by atoms with van der Waals surface area (Å²) in [5, 5.41) is 11.3. The van der Waals surface area contributed by atoms with Gasteiger partial charge in [0.1, 0.15) is 0 Å². The fourth-order valence-electron chi connectivity index (χ4n) is 1.16. The minimum atomic E-state index is -0.308. The van der Waals surface area contributed by atoms with Gasteiger partial charge in [-0.25, -0.2) is 0 Å². The lowest BCUT2D eigenvalue weighted by Gasteiger charge is -2.11. The predicted molar refractivity (Wildman–Crippen MR) is 55.7 cm³/mol. The van der Waals surface area contributed by atoms with E-state index in [1.165, 1.54) is 18.3 Å². The Kier molecular flexibility index (Phi) is 4.05. The maximum Gasteiger partial charge on any atom is 0.251 e. The molecular formula is C10H14N2O3. The van der Waals surface area contributed by atoms with Crippen LogP contribution in [0.2, 0.25) is 0 Å². The van der Waals surface area contributed by atoms with E-state index in [4.69, 9.17) is 5.11 Å². The van der Waals surface area contributed by atoms with Crippen LogP contribution in [0.3, 0.4) is 0 Å². The van der Waals surface area contributed by atoms with Crippen molar-refractivity contribution in [3.8, 4) is 0 Å². The second-order valence-corrected chi connectivity index (χ2v) is 3.33. The molecule has 0 aliphatic heterocycles. The summed E-state index contributed by atoms with van der Waals surface area (Å²) in [7, 11) is 0. The van der Waals surface area contributed by atoms with Crippen molar-refractivity contribution in [2.75, 3.05) is 6.61 Å². The molecule has 5 heteroatoms.